The molecule has 0 aliphatic carbocycles. The molecule has 1 aromatic rings. The minimum absolute atomic E-state index is 0.177. The number of hydrogen-bond donors (Lipinski definition) is 1. The summed E-state index contributed by atoms with van der Waals surface area (Å²) in [4.78, 5) is 0. The van der Waals surface area contributed by atoms with Crippen molar-refractivity contribution >= 4 is 33.0 Å². The molecular weight excluding hydrogens is 270 g/mol. The van der Waals surface area contributed by atoms with Crippen molar-refractivity contribution in [3.63, 3.8) is 0 Å². The summed E-state index contributed by atoms with van der Waals surface area (Å²) in [6.45, 7) is 2.33. The van der Waals surface area contributed by atoms with E-state index in [2.05, 4.69) is 0 Å². The van der Waals surface area contributed by atoms with Crippen molar-refractivity contribution < 1.29 is 13.5 Å². The van der Waals surface area contributed by atoms with Crippen LogP contribution in [0.3, 0.4) is 0 Å². The van der Waals surface area contributed by atoms with Crippen LogP contribution in [0, 0.1) is 6.92 Å². The zero-order valence-electron chi connectivity index (χ0n) is 8.68. The maximum atomic E-state index is 12.1. The van der Waals surface area contributed by atoms with Crippen molar-refractivity contribution in [1.82, 2.24) is 4.31 Å². The van der Waals surface area contributed by atoms with Crippen LogP contribution in [-0.4, -0.2) is 37.0 Å². The molecule has 1 atom stereocenters. The highest BCUT2D eigenvalue weighted by Gasteiger charge is 2.32. The maximum absolute atomic E-state index is 12.1. The number of aryl methyl sites for hydroxylation is 1. The summed E-state index contributed by atoms with van der Waals surface area (Å²) >= 11 is 6.92. The molecule has 1 N–H and O–H groups in total. The zero-order valence-corrected chi connectivity index (χ0v) is 11.1. The molecule has 4 nitrogen and oxygen atoms in total. The monoisotopic (exact) mass is 281 g/mol. The predicted octanol–water partition coefficient (Wildman–Crippen LogP) is 1.47. The van der Waals surface area contributed by atoms with E-state index in [4.69, 9.17) is 11.6 Å². The summed E-state index contributed by atoms with van der Waals surface area (Å²) in [5.41, 5.74) is 0.769. The van der Waals surface area contributed by atoms with Gasteiger partial charge in [-0.05, 0) is 25.0 Å². The molecule has 0 saturated carbocycles. The molecule has 1 fully saturated rings. The predicted molar refractivity (Wildman–Crippen MR) is 63.4 cm³/mol. The maximum Gasteiger partial charge on any atom is 0.252 e. The first-order chi connectivity index (χ1) is 7.41. The highest BCUT2D eigenvalue weighted by Crippen LogP contribution is 2.33. The van der Waals surface area contributed by atoms with Crippen molar-refractivity contribution in [1.29, 1.82) is 0 Å². The lowest BCUT2D eigenvalue weighted by Gasteiger charge is -2.13. The topological polar surface area (TPSA) is 57.6 Å². The normalized spacial score (nSPS) is 22.8. The molecule has 0 spiro atoms. The SMILES string of the molecule is Cc1cc(S(=O)(=O)N2CC[C@H](O)C2)sc1Cl. The molecule has 0 amide bonds. The largest absolute Gasteiger partial charge is 0.392 e. The number of thiophene rings is 1. The summed E-state index contributed by atoms with van der Waals surface area (Å²) in [5, 5.41) is 9.34. The van der Waals surface area contributed by atoms with Gasteiger partial charge in [0, 0.05) is 13.1 Å². The molecule has 1 aliphatic rings. The third-order valence-corrected chi connectivity index (χ3v) is 6.42. The molecule has 2 rings (SSSR count). The lowest BCUT2D eigenvalue weighted by molar-refractivity contribution is 0.189. The van der Waals surface area contributed by atoms with Gasteiger partial charge in [0.15, 0.2) is 0 Å². The van der Waals surface area contributed by atoms with Crippen LogP contribution in [-0.2, 0) is 10.0 Å². The Labute approximate surface area is 104 Å². The fourth-order valence-electron chi connectivity index (χ4n) is 1.62. The van der Waals surface area contributed by atoms with Gasteiger partial charge in [-0.1, -0.05) is 11.6 Å². The Balaban J connectivity index is 2.32. The first-order valence-electron chi connectivity index (χ1n) is 4.85. The summed E-state index contributed by atoms with van der Waals surface area (Å²) in [6, 6.07) is 1.58. The van der Waals surface area contributed by atoms with Crippen LogP contribution in [0.1, 0.15) is 12.0 Å². The highest BCUT2D eigenvalue weighted by molar-refractivity contribution is 7.91. The van der Waals surface area contributed by atoms with Crippen molar-refractivity contribution in [2.45, 2.75) is 23.7 Å². The summed E-state index contributed by atoms with van der Waals surface area (Å²) in [6.07, 6.45) is -0.0524. The minimum Gasteiger partial charge on any atom is -0.392 e. The number of aliphatic hydroxyl groups is 1. The van der Waals surface area contributed by atoms with Crippen LogP contribution in [0.4, 0.5) is 0 Å². The van der Waals surface area contributed by atoms with Crippen LogP contribution >= 0.6 is 22.9 Å². The van der Waals surface area contributed by atoms with E-state index in [0.717, 1.165) is 16.9 Å². The van der Waals surface area contributed by atoms with Gasteiger partial charge in [-0.25, -0.2) is 8.42 Å². The molecule has 7 heteroatoms. The quantitative estimate of drug-likeness (QED) is 0.893. The summed E-state index contributed by atoms with van der Waals surface area (Å²) in [5.74, 6) is 0. The van der Waals surface area contributed by atoms with E-state index >= 15 is 0 Å². The molecule has 1 aromatic heterocycles. The summed E-state index contributed by atoms with van der Waals surface area (Å²) < 4.78 is 26.3. The average molecular weight is 282 g/mol. The van der Waals surface area contributed by atoms with Gasteiger partial charge in [-0.2, -0.15) is 4.31 Å². The van der Waals surface area contributed by atoms with Gasteiger partial charge in [0.2, 0.25) is 0 Å². The molecule has 0 radical (unpaired) electrons. The van der Waals surface area contributed by atoms with Gasteiger partial charge in [-0.15, -0.1) is 11.3 Å². The van der Waals surface area contributed by atoms with Gasteiger partial charge in [0.1, 0.15) is 4.21 Å². The fraction of sp³-hybridized carbons (Fsp3) is 0.556. The first-order valence-corrected chi connectivity index (χ1v) is 7.49. The molecule has 0 bridgehead atoms. The van der Waals surface area contributed by atoms with Crippen LogP contribution in [0.15, 0.2) is 10.3 Å². The van der Waals surface area contributed by atoms with Crippen molar-refractivity contribution in [2.75, 3.05) is 13.1 Å². The molecule has 0 aromatic carbocycles. The Bertz CT molecular complexity index is 477. The summed E-state index contributed by atoms with van der Waals surface area (Å²) in [7, 11) is -3.47. The highest BCUT2D eigenvalue weighted by atomic mass is 35.5. The molecular formula is C9H12ClNO3S2. The molecule has 0 unspecified atom stereocenters. The van der Waals surface area contributed by atoms with E-state index in [0.29, 0.717) is 17.3 Å². The minimum atomic E-state index is -3.47. The van der Waals surface area contributed by atoms with Crippen molar-refractivity contribution in [2.24, 2.45) is 0 Å². The standard InChI is InChI=1S/C9H12ClNO3S2/c1-6-4-8(15-9(6)10)16(13,14)11-3-2-7(12)5-11/h4,7,12H,2-3,5H2,1H3/t7-/m0/s1. The average Bonchev–Trinajstić information content (AvgIpc) is 2.75. The smallest absolute Gasteiger partial charge is 0.252 e. The fourth-order valence-corrected chi connectivity index (χ4v) is 4.97. The Morgan fingerprint density at radius 2 is 2.31 bits per heavy atom. The van der Waals surface area contributed by atoms with Crippen LogP contribution in [0.2, 0.25) is 4.34 Å². The number of β-amino-alcohol motifs (C(OH)–C–C–N with tert-alkyl or cyclic N) is 1. The molecule has 2 heterocycles. The third-order valence-electron chi connectivity index (χ3n) is 2.55. The van der Waals surface area contributed by atoms with Crippen molar-refractivity contribution in [3.05, 3.63) is 16.0 Å². The second-order valence-electron chi connectivity index (χ2n) is 3.83. The Kier molecular flexibility index (Phi) is 3.29. The zero-order chi connectivity index (χ0) is 11.9. The molecule has 16 heavy (non-hydrogen) atoms. The van der Waals surface area contributed by atoms with Crippen molar-refractivity contribution in [3.8, 4) is 0 Å². The van der Waals surface area contributed by atoms with Crippen LogP contribution in [0.5, 0.6) is 0 Å². The van der Waals surface area contributed by atoms with Crippen LogP contribution < -0.4 is 0 Å². The van der Waals surface area contributed by atoms with E-state index < -0.39 is 16.1 Å². The van der Waals surface area contributed by atoms with Gasteiger partial charge in [-0.3, -0.25) is 0 Å². The first kappa shape index (κ1) is 12.3. The second kappa shape index (κ2) is 4.27. The second-order valence-corrected chi connectivity index (χ2v) is 7.65. The Morgan fingerprint density at radius 1 is 1.62 bits per heavy atom. The van der Waals surface area contributed by atoms with E-state index in [-0.39, 0.29) is 10.8 Å². The van der Waals surface area contributed by atoms with E-state index in [1.165, 1.54) is 4.31 Å². The number of sulfonamides is 1. The van der Waals surface area contributed by atoms with E-state index in [9.17, 15) is 13.5 Å². The Hall–Kier alpha value is -0.140. The molecule has 1 saturated heterocycles. The van der Waals surface area contributed by atoms with Gasteiger partial charge in [0.05, 0.1) is 10.4 Å². The lowest BCUT2D eigenvalue weighted by atomic mass is 10.3. The van der Waals surface area contributed by atoms with E-state index in [1.807, 2.05) is 0 Å². The number of hydrogen-bond acceptors (Lipinski definition) is 4. The van der Waals surface area contributed by atoms with E-state index in [1.54, 1.807) is 13.0 Å². The Morgan fingerprint density at radius 3 is 2.75 bits per heavy atom. The van der Waals surface area contributed by atoms with Crippen LogP contribution in [0.25, 0.3) is 0 Å². The number of rotatable bonds is 2. The lowest BCUT2D eigenvalue weighted by Crippen LogP contribution is -2.29. The number of nitrogens with zero attached hydrogens (tertiary/aromatic N) is 1. The van der Waals surface area contributed by atoms with Gasteiger partial charge in [0.25, 0.3) is 10.0 Å². The number of aliphatic hydroxyl groups excluding tert-OH is 1. The molecule has 1 aliphatic heterocycles. The third kappa shape index (κ3) is 2.12. The van der Waals surface area contributed by atoms with Gasteiger partial charge >= 0.3 is 0 Å². The van der Waals surface area contributed by atoms with Gasteiger partial charge < -0.3 is 5.11 Å². The molecule has 90 valence electrons. The number of halogens is 1.